The van der Waals surface area contributed by atoms with Crippen LogP contribution in [0.3, 0.4) is 0 Å². The predicted molar refractivity (Wildman–Crippen MR) is 86.0 cm³/mol. The van der Waals surface area contributed by atoms with Crippen LogP contribution in [0.15, 0.2) is 18.2 Å². The molecule has 1 aliphatic heterocycles. The van der Waals surface area contributed by atoms with Crippen molar-refractivity contribution >= 4 is 17.8 Å². The van der Waals surface area contributed by atoms with Crippen molar-refractivity contribution in [3.63, 3.8) is 0 Å². The first-order valence-corrected chi connectivity index (χ1v) is 7.73. The molecule has 0 bridgehead atoms. The summed E-state index contributed by atoms with van der Waals surface area (Å²) < 4.78 is 5.20. The summed E-state index contributed by atoms with van der Waals surface area (Å²) in [6.07, 6.45) is 0.0434. The van der Waals surface area contributed by atoms with E-state index in [0.717, 1.165) is 0 Å². The molecule has 7 nitrogen and oxygen atoms in total. The summed E-state index contributed by atoms with van der Waals surface area (Å²) in [5.74, 6) is -1.53. The number of phenolic OH excluding ortho intramolecular Hbond substituents is 1. The SMILES string of the molecule is CC(C)(C)OC(=O)CC[C@@H](C(N)=O)N1Cc2c(O)cccc2C1=O. The third kappa shape index (κ3) is 3.84. The van der Waals surface area contributed by atoms with Gasteiger partial charge in [0.1, 0.15) is 17.4 Å². The van der Waals surface area contributed by atoms with Crippen LogP contribution in [0.5, 0.6) is 5.75 Å². The van der Waals surface area contributed by atoms with Gasteiger partial charge in [0.05, 0.1) is 6.54 Å². The Morgan fingerprint density at radius 2 is 2.04 bits per heavy atom. The maximum Gasteiger partial charge on any atom is 0.306 e. The maximum absolute atomic E-state index is 12.5. The molecule has 0 unspecified atom stereocenters. The van der Waals surface area contributed by atoms with Crippen LogP contribution in [0.2, 0.25) is 0 Å². The maximum atomic E-state index is 12.5. The lowest BCUT2D eigenvalue weighted by Crippen LogP contribution is -2.45. The van der Waals surface area contributed by atoms with Gasteiger partial charge in [0.25, 0.3) is 5.91 Å². The summed E-state index contributed by atoms with van der Waals surface area (Å²) in [6.45, 7) is 5.34. The zero-order chi connectivity index (χ0) is 18.1. The van der Waals surface area contributed by atoms with E-state index in [9.17, 15) is 19.5 Å². The quantitative estimate of drug-likeness (QED) is 0.789. The van der Waals surface area contributed by atoms with Crippen LogP contribution in [-0.4, -0.2) is 39.4 Å². The monoisotopic (exact) mass is 334 g/mol. The molecular formula is C17H22N2O5. The van der Waals surface area contributed by atoms with Crippen molar-refractivity contribution < 1.29 is 24.2 Å². The number of fused-ring (bicyclic) bond motifs is 1. The van der Waals surface area contributed by atoms with Gasteiger partial charge in [-0.25, -0.2) is 0 Å². The highest BCUT2D eigenvalue weighted by Crippen LogP contribution is 2.32. The van der Waals surface area contributed by atoms with Crippen LogP contribution in [0.1, 0.15) is 49.5 Å². The largest absolute Gasteiger partial charge is 0.508 e. The van der Waals surface area contributed by atoms with Crippen LogP contribution in [0.25, 0.3) is 0 Å². The molecule has 0 fully saturated rings. The Kier molecular flexibility index (Phi) is 4.82. The minimum Gasteiger partial charge on any atom is -0.508 e. The van der Waals surface area contributed by atoms with Crippen LogP contribution in [0.4, 0.5) is 0 Å². The van der Waals surface area contributed by atoms with Crippen molar-refractivity contribution in [1.82, 2.24) is 4.90 Å². The number of rotatable bonds is 5. The summed E-state index contributed by atoms with van der Waals surface area (Å²) in [7, 11) is 0. The number of aromatic hydroxyl groups is 1. The molecule has 0 saturated heterocycles. The second-order valence-corrected chi connectivity index (χ2v) is 6.78. The minimum atomic E-state index is -0.934. The summed E-state index contributed by atoms with van der Waals surface area (Å²) in [5, 5.41) is 9.86. The molecule has 1 heterocycles. The molecule has 2 rings (SSSR count). The van der Waals surface area contributed by atoms with Crippen LogP contribution < -0.4 is 5.73 Å². The van der Waals surface area contributed by atoms with Crippen molar-refractivity contribution in [3.05, 3.63) is 29.3 Å². The minimum absolute atomic E-state index is 0.00119. The molecule has 0 radical (unpaired) electrons. The van der Waals surface area contributed by atoms with Crippen molar-refractivity contribution in [1.29, 1.82) is 0 Å². The molecule has 1 aromatic rings. The van der Waals surface area contributed by atoms with Crippen molar-refractivity contribution in [2.45, 2.75) is 51.8 Å². The molecular weight excluding hydrogens is 312 g/mol. The number of benzene rings is 1. The van der Waals surface area contributed by atoms with Gasteiger partial charge in [-0.1, -0.05) is 6.07 Å². The number of amides is 2. The zero-order valence-electron chi connectivity index (χ0n) is 14.0. The van der Waals surface area contributed by atoms with Gasteiger partial charge in [0.15, 0.2) is 0 Å². The number of nitrogens with two attached hydrogens (primary N) is 1. The Hall–Kier alpha value is -2.57. The lowest BCUT2D eigenvalue weighted by molar-refractivity contribution is -0.155. The van der Waals surface area contributed by atoms with Crippen molar-refractivity contribution in [2.75, 3.05) is 0 Å². The van der Waals surface area contributed by atoms with E-state index in [2.05, 4.69) is 0 Å². The fourth-order valence-corrected chi connectivity index (χ4v) is 2.69. The Labute approximate surface area is 140 Å². The Morgan fingerprint density at radius 1 is 1.38 bits per heavy atom. The van der Waals surface area contributed by atoms with Gasteiger partial charge in [0.2, 0.25) is 5.91 Å². The highest BCUT2D eigenvalue weighted by atomic mass is 16.6. The van der Waals surface area contributed by atoms with E-state index in [1.165, 1.54) is 11.0 Å². The number of carbonyl (C=O) groups excluding carboxylic acids is 3. The van der Waals surface area contributed by atoms with Crippen LogP contribution >= 0.6 is 0 Å². The lowest BCUT2D eigenvalue weighted by atomic mass is 10.1. The number of phenols is 1. The molecule has 130 valence electrons. The van der Waals surface area contributed by atoms with Gasteiger partial charge in [0, 0.05) is 17.5 Å². The molecule has 24 heavy (non-hydrogen) atoms. The molecule has 1 aromatic carbocycles. The van der Waals surface area contributed by atoms with E-state index in [1.807, 2.05) is 0 Å². The van der Waals surface area contributed by atoms with Crippen molar-refractivity contribution in [3.8, 4) is 5.75 Å². The normalized spacial score (nSPS) is 15.1. The summed E-state index contributed by atoms with van der Waals surface area (Å²) >= 11 is 0. The van der Waals surface area contributed by atoms with Gasteiger partial charge < -0.3 is 20.5 Å². The first-order chi connectivity index (χ1) is 11.1. The van der Waals surface area contributed by atoms with E-state index < -0.39 is 23.5 Å². The molecule has 3 N–H and O–H groups in total. The third-order valence-electron chi connectivity index (χ3n) is 3.72. The first-order valence-electron chi connectivity index (χ1n) is 7.73. The molecule has 2 amide bonds. The number of esters is 1. The second kappa shape index (κ2) is 6.51. The second-order valence-electron chi connectivity index (χ2n) is 6.78. The number of primary amides is 1. The number of hydrogen-bond acceptors (Lipinski definition) is 5. The van der Waals surface area contributed by atoms with Crippen molar-refractivity contribution in [2.24, 2.45) is 5.73 Å². The number of hydrogen-bond donors (Lipinski definition) is 2. The highest BCUT2D eigenvalue weighted by Gasteiger charge is 2.37. The fraction of sp³-hybridized carbons (Fsp3) is 0.471. The van der Waals surface area contributed by atoms with Crippen LogP contribution in [-0.2, 0) is 20.9 Å². The summed E-state index contributed by atoms with van der Waals surface area (Å²) in [4.78, 5) is 37.4. The molecule has 0 spiro atoms. The zero-order valence-corrected chi connectivity index (χ0v) is 14.0. The van der Waals surface area contributed by atoms with Gasteiger partial charge in [-0.3, -0.25) is 14.4 Å². The summed E-state index contributed by atoms with van der Waals surface area (Å²) in [5.41, 5.74) is 5.61. The molecule has 7 heteroatoms. The van der Waals surface area contributed by atoms with Gasteiger partial charge >= 0.3 is 5.97 Å². The van der Waals surface area contributed by atoms with E-state index in [-0.39, 0.29) is 31.0 Å². The number of ether oxygens (including phenoxy) is 1. The Bertz CT molecular complexity index is 678. The van der Waals surface area contributed by atoms with E-state index in [4.69, 9.17) is 10.5 Å². The average Bonchev–Trinajstić information content (AvgIpc) is 2.76. The lowest BCUT2D eigenvalue weighted by Gasteiger charge is -2.25. The molecule has 0 aromatic heterocycles. The highest BCUT2D eigenvalue weighted by molar-refractivity contribution is 6.01. The van der Waals surface area contributed by atoms with E-state index in [0.29, 0.717) is 11.1 Å². The standard InChI is InChI=1S/C17H22N2O5/c1-17(2,3)24-14(21)8-7-12(15(18)22)19-9-11-10(16(19)23)5-4-6-13(11)20/h4-6,12,20H,7-9H2,1-3H3,(H2,18,22)/t12-/m0/s1. The smallest absolute Gasteiger partial charge is 0.306 e. The molecule has 1 atom stereocenters. The number of carbonyl (C=O) groups is 3. The molecule has 0 aliphatic carbocycles. The van der Waals surface area contributed by atoms with Crippen LogP contribution in [0, 0.1) is 0 Å². The Balaban J connectivity index is 2.10. The predicted octanol–water partition coefficient (Wildman–Crippen LogP) is 1.32. The molecule has 0 saturated carbocycles. The third-order valence-corrected chi connectivity index (χ3v) is 3.72. The van der Waals surface area contributed by atoms with E-state index in [1.54, 1.807) is 32.9 Å². The average molecular weight is 334 g/mol. The van der Waals surface area contributed by atoms with Gasteiger partial charge in [-0.05, 0) is 39.3 Å². The first kappa shape index (κ1) is 17.8. The topological polar surface area (TPSA) is 110 Å². The van der Waals surface area contributed by atoms with E-state index >= 15 is 0 Å². The fourth-order valence-electron chi connectivity index (χ4n) is 2.69. The summed E-state index contributed by atoms with van der Waals surface area (Å²) in [6, 6.07) is 3.70. The molecule has 1 aliphatic rings. The number of nitrogens with zero attached hydrogens (tertiary/aromatic N) is 1. The van der Waals surface area contributed by atoms with Gasteiger partial charge in [-0.2, -0.15) is 0 Å². The Morgan fingerprint density at radius 3 is 2.58 bits per heavy atom. The van der Waals surface area contributed by atoms with Gasteiger partial charge in [-0.15, -0.1) is 0 Å².